The highest BCUT2D eigenvalue weighted by Crippen LogP contribution is 2.30. The van der Waals surface area contributed by atoms with Crippen LogP contribution in [-0.4, -0.2) is 8.07 Å². The summed E-state index contributed by atoms with van der Waals surface area (Å²) in [5.74, 6) is 0. The van der Waals surface area contributed by atoms with Crippen molar-refractivity contribution in [2.45, 2.75) is 26.4 Å². The summed E-state index contributed by atoms with van der Waals surface area (Å²) in [7, 11) is -1.35. The van der Waals surface area contributed by atoms with E-state index in [1.165, 1.54) is 5.57 Å². The van der Waals surface area contributed by atoms with Crippen LogP contribution >= 0.6 is 0 Å². The third kappa shape index (κ3) is 3.49. The molecular formula is C15H22Si. The molecule has 0 aliphatic heterocycles. The SMILES string of the molecule is C=CCC1(C)C=CC(=C[Si](C)(C)C=C)C=C1. The first-order valence-corrected chi connectivity index (χ1v) is 8.92. The number of rotatable bonds is 4. The van der Waals surface area contributed by atoms with Crippen molar-refractivity contribution >= 4 is 8.07 Å². The van der Waals surface area contributed by atoms with E-state index in [9.17, 15) is 0 Å². The Balaban J connectivity index is 2.84. The van der Waals surface area contributed by atoms with Crippen LogP contribution in [0.15, 0.2) is 60.5 Å². The van der Waals surface area contributed by atoms with Gasteiger partial charge in [-0.1, -0.05) is 61.8 Å². The van der Waals surface area contributed by atoms with Gasteiger partial charge in [-0.3, -0.25) is 0 Å². The molecule has 0 aromatic heterocycles. The average Bonchev–Trinajstić information content (AvgIpc) is 2.22. The van der Waals surface area contributed by atoms with E-state index < -0.39 is 8.07 Å². The van der Waals surface area contributed by atoms with Gasteiger partial charge in [0.05, 0.1) is 8.07 Å². The lowest BCUT2D eigenvalue weighted by Crippen LogP contribution is -2.20. The maximum Gasteiger partial charge on any atom is 0.0955 e. The van der Waals surface area contributed by atoms with Crippen molar-refractivity contribution in [2.24, 2.45) is 5.41 Å². The van der Waals surface area contributed by atoms with Crippen LogP contribution < -0.4 is 0 Å². The minimum absolute atomic E-state index is 0.152. The second-order valence-electron chi connectivity index (χ2n) is 5.34. The smallest absolute Gasteiger partial charge is 0.0955 e. The summed E-state index contributed by atoms with van der Waals surface area (Å²) in [4.78, 5) is 0. The first kappa shape index (κ1) is 13.0. The summed E-state index contributed by atoms with van der Waals surface area (Å²) in [5, 5.41) is 0. The maximum atomic E-state index is 3.91. The maximum absolute atomic E-state index is 3.91. The lowest BCUT2D eigenvalue weighted by atomic mass is 9.82. The van der Waals surface area contributed by atoms with Gasteiger partial charge in [-0.2, -0.15) is 0 Å². The first-order chi connectivity index (χ1) is 7.41. The zero-order valence-corrected chi connectivity index (χ0v) is 11.7. The topological polar surface area (TPSA) is 0 Å². The molecular weight excluding hydrogens is 208 g/mol. The predicted molar refractivity (Wildman–Crippen MR) is 77.0 cm³/mol. The number of hydrogen-bond acceptors (Lipinski definition) is 0. The molecule has 1 heteroatoms. The summed E-state index contributed by atoms with van der Waals surface area (Å²) in [6.45, 7) is 14.5. The normalized spacial score (nSPS) is 24.3. The van der Waals surface area contributed by atoms with E-state index in [4.69, 9.17) is 0 Å². The monoisotopic (exact) mass is 230 g/mol. The summed E-state index contributed by atoms with van der Waals surface area (Å²) >= 11 is 0. The highest BCUT2D eigenvalue weighted by Gasteiger charge is 2.19. The molecule has 0 nitrogen and oxygen atoms in total. The Morgan fingerprint density at radius 2 is 1.81 bits per heavy atom. The Hall–Kier alpha value is -1.08. The minimum Gasteiger partial charge on any atom is -0.107 e. The molecule has 0 aromatic carbocycles. The van der Waals surface area contributed by atoms with Gasteiger partial charge >= 0.3 is 0 Å². The molecule has 1 aliphatic rings. The quantitative estimate of drug-likeness (QED) is 0.489. The Morgan fingerprint density at radius 1 is 1.25 bits per heavy atom. The van der Waals surface area contributed by atoms with Gasteiger partial charge in [-0.15, -0.1) is 13.2 Å². The second kappa shape index (κ2) is 4.83. The van der Waals surface area contributed by atoms with Crippen LogP contribution in [0.1, 0.15) is 13.3 Å². The highest BCUT2D eigenvalue weighted by atomic mass is 28.3. The van der Waals surface area contributed by atoms with Crippen molar-refractivity contribution in [3.63, 3.8) is 0 Å². The van der Waals surface area contributed by atoms with Crippen molar-refractivity contribution in [2.75, 3.05) is 0 Å². The largest absolute Gasteiger partial charge is 0.107 e. The van der Waals surface area contributed by atoms with Gasteiger partial charge in [0, 0.05) is 5.41 Å². The molecule has 0 saturated carbocycles. The lowest BCUT2D eigenvalue weighted by molar-refractivity contribution is 0.558. The molecule has 0 bridgehead atoms. The third-order valence-electron chi connectivity index (χ3n) is 2.96. The molecule has 0 atom stereocenters. The fourth-order valence-electron chi connectivity index (χ4n) is 1.72. The molecule has 0 unspecified atom stereocenters. The Labute approximate surface area is 101 Å². The fourth-order valence-corrected chi connectivity index (χ4v) is 2.89. The molecule has 86 valence electrons. The molecule has 0 saturated heterocycles. The molecule has 0 spiro atoms. The Morgan fingerprint density at radius 3 is 2.25 bits per heavy atom. The van der Waals surface area contributed by atoms with Crippen molar-refractivity contribution in [3.05, 3.63) is 60.5 Å². The molecule has 0 heterocycles. The first-order valence-electron chi connectivity index (χ1n) is 5.77. The lowest BCUT2D eigenvalue weighted by Gasteiger charge is -2.24. The van der Waals surface area contributed by atoms with Crippen molar-refractivity contribution in [1.82, 2.24) is 0 Å². The van der Waals surface area contributed by atoms with E-state index >= 15 is 0 Å². The van der Waals surface area contributed by atoms with E-state index in [-0.39, 0.29) is 5.41 Å². The van der Waals surface area contributed by atoms with E-state index in [0.717, 1.165) is 6.42 Å². The fraction of sp³-hybridized carbons (Fsp3) is 0.333. The standard InChI is InChI=1S/C15H22Si/c1-6-10-15(3)11-8-14(9-12-15)13-16(4,5)7-2/h6-9,11-13H,1-2,10H2,3-5H3. The number of hydrogen-bond donors (Lipinski definition) is 0. The van der Waals surface area contributed by atoms with Crippen LogP contribution in [0.2, 0.25) is 13.1 Å². The van der Waals surface area contributed by atoms with Gasteiger partial charge in [0.15, 0.2) is 0 Å². The van der Waals surface area contributed by atoms with Crippen molar-refractivity contribution in [1.29, 1.82) is 0 Å². The molecule has 0 aromatic rings. The van der Waals surface area contributed by atoms with Gasteiger partial charge in [-0.05, 0) is 12.0 Å². The van der Waals surface area contributed by atoms with Gasteiger partial charge in [-0.25, -0.2) is 0 Å². The van der Waals surface area contributed by atoms with Crippen LogP contribution in [0, 0.1) is 5.41 Å². The van der Waals surface area contributed by atoms with E-state index in [1.807, 2.05) is 6.08 Å². The van der Waals surface area contributed by atoms with Crippen LogP contribution in [0.3, 0.4) is 0 Å². The van der Waals surface area contributed by atoms with Crippen LogP contribution in [0.25, 0.3) is 0 Å². The van der Waals surface area contributed by atoms with Gasteiger partial charge < -0.3 is 0 Å². The number of allylic oxidation sites excluding steroid dienone is 6. The zero-order valence-electron chi connectivity index (χ0n) is 10.7. The zero-order chi connectivity index (χ0) is 12.2. The summed E-state index contributed by atoms with van der Waals surface area (Å²) < 4.78 is 0. The highest BCUT2D eigenvalue weighted by molar-refractivity contribution is 6.86. The van der Waals surface area contributed by atoms with Crippen LogP contribution in [-0.2, 0) is 0 Å². The second-order valence-corrected chi connectivity index (χ2v) is 9.67. The Kier molecular flexibility index (Phi) is 3.92. The minimum atomic E-state index is -1.35. The third-order valence-corrected chi connectivity index (χ3v) is 5.09. The predicted octanol–water partition coefficient (Wildman–Crippen LogP) is 4.59. The molecule has 0 amide bonds. The van der Waals surface area contributed by atoms with E-state index in [1.54, 1.807) is 0 Å². The van der Waals surface area contributed by atoms with Gasteiger partial charge in [0.1, 0.15) is 0 Å². The van der Waals surface area contributed by atoms with Crippen molar-refractivity contribution in [3.8, 4) is 0 Å². The van der Waals surface area contributed by atoms with Gasteiger partial charge in [0.25, 0.3) is 0 Å². The molecule has 0 N–H and O–H groups in total. The van der Waals surface area contributed by atoms with Crippen LogP contribution in [0.4, 0.5) is 0 Å². The summed E-state index contributed by atoms with van der Waals surface area (Å²) in [6.07, 6.45) is 12.0. The molecule has 1 rings (SSSR count). The molecule has 16 heavy (non-hydrogen) atoms. The van der Waals surface area contributed by atoms with Gasteiger partial charge in [0.2, 0.25) is 0 Å². The van der Waals surface area contributed by atoms with E-state index in [0.29, 0.717) is 0 Å². The molecule has 0 radical (unpaired) electrons. The molecule has 1 aliphatic carbocycles. The van der Waals surface area contributed by atoms with E-state index in [2.05, 4.69) is 68.9 Å². The van der Waals surface area contributed by atoms with Crippen LogP contribution in [0.5, 0.6) is 0 Å². The summed E-state index contributed by atoms with van der Waals surface area (Å²) in [6, 6.07) is 0. The summed E-state index contributed by atoms with van der Waals surface area (Å²) in [5.41, 5.74) is 5.96. The molecule has 0 fully saturated rings. The Bertz CT molecular complexity index is 351. The average molecular weight is 230 g/mol. The van der Waals surface area contributed by atoms with Crippen molar-refractivity contribution < 1.29 is 0 Å².